The van der Waals surface area contributed by atoms with Crippen LogP contribution in [0.3, 0.4) is 0 Å². The molecule has 0 amide bonds. The summed E-state index contributed by atoms with van der Waals surface area (Å²) in [7, 11) is 3.41. The number of carbonyl (C=O) groups is 4. The Hall–Kier alpha value is -3.16. The lowest BCUT2D eigenvalue weighted by molar-refractivity contribution is 0.0513. The first-order chi connectivity index (χ1) is 13.3. The van der Waals surface area contributed by atoms with Gasteiger partial charge in [-0.05, 0) is 30.9 Å². The second-order valence-corrected chi connectivity index (χ2v) is 6.83. The van der Waals surface area contributed by atoms with Crippen LogP contribution >= 0.6 is 0 Å². The van der Waals surface area contributed by atoms with Gasteiger partial charge < -0.3 is 19.0 Å². The topological polar surface area (TPSA) is 108 Å². The number of Topliss-reactive ketones (excluding diaryl/α,β-unsaturated/α-hetero) is 2. The van der Waals surface area contributed by atoms with Gasteiger partial charge in [0, 0.05) is 50.5 Å². The smallest absolute Gasteiger partial charge is 0.355 e. The molecule has 164 valence electrons. The number of carboxylic acids is 1. The van der Waals surface area contributed by atoms with Crippen LogP contribution in [0.5, 0.6) is 0 Å². The molecular weight excluding hydrogens is 388 g/mol. The molecule has 8 nitrogen and oxygen atoms in total. The number of carboxylic acid groups (broad SMARTS) is 1. The minimum absolute atomic E-state index is 0. The molecule has 0 aromatic carbocycles. The quantitative estimate of drug-likeness (QED) is 0.765. The first kappa shape index (κ1) is 24.9. The molecule has 2 aliphatic carbocycles. The number of ketones is 2. The van der Waals surface area contributed by atoms with Gasteiger partial charge in [0.25, 0.3) is 0 Å². The van der Waals surface area contributed by atoms with Gasteiger partial charge in [-0.1, -0.05) is 14.9 Å². The number of carbonyl (C=O) groups excluding carboxylic acids is 3. The Labute approximate surface area is 176 Å². The van der Waals surface area contributed by atoms with Crippen molar-refractivity contribution in [3.63, 3.8) is 0 Å². The van der Waals surface area contributed by atoms with Crippen molar-refractivity contribution >= 4 is 23.5 Å². The number of rotatable bonds is 3. The molecule has 30 heavy (non-hydrogen) atoms. The second-order valence-electron chi connectivity index (χ2n) is 6.83. The number of ether oxygens (including phenoxy) is 1. The molecule has 2 aromatic rings. The molecule has 0 unspecified atom stereocenters. The van der Waals surface area contributed by atoms with Gasteiger partial charge in [-0.3, -0.25) is 9.59 Å². The summed E-state index contributed by atoms with van der Waals surface area (Å²) in [6.45, 7) is 2.12. The molecule has 0 aliphatic heterocycles. The van der Waals surface area contributed by atoms with Crippen molar-refractivity contribution in [1.29, 1.82) is 0 Å². The summed E-state index contributed by atoms with van der Waals surface area (Å²) in [6, 6.07) is 0. The monoisotopic (exact) mass is 418 g/mol. The van der Waals surface area contributed by atoms with Crippen molar-refractivity contribution in [2.75, 3.05) is 6.61 Å². The maximum atomic E-state index is 11.6. The van der Waals surface area contributed by atoms with E-state index in [0.717, 1.165) is 5.56 Å². The van der Waals surface area contributed by atoms with E-state index in [4.69, 9.17) is 9.84 Å². The fourth-order valence-electron chi connectivity index (χ4n) is 3.83. The van der Waals surface area contributed by atoms with E-state index in [1.165, 1.54) is 4.57 Å². The molecular formula is C22H30N2O6. The lowest BCUT2D eigenvalue weighted by Crippen LogP contribution is -2.11. The molecule has 0 atom stereocenters. The summed E-state index contributed by atoms with van der Waals surface area (Å²) in [5.74, 6) is -1.12. The van der Waals surface area contributed by atoms with E-state index in [9.17, 15) is 19.2 Å². The average Bonchev–Trinajstić information content (AvgIpc) is 3.33. The maximum absolute atomic E-state index is 11.6. The van der Waals surface area contributed by atoms with E-state index < -0.39 is 5.97 Å². The number of esters is 1. The SMILES string of the molecule is C.C.CCOC(=O)c1c2c(cn1C)C(=O)CC2.Cn1cc2c(c1C(=O)O)CCC2=O. The number of aromatic nitrogens is 2. The molecule has 0 saturated heterocycles. The van der Waals surface area contributed by atoms with Crippen LogP contribution < -0.4 is 0 Å². The van der Waals surface area contributed by atoms with Gasteiger partial charge >= 0.3 is 11.9 Å². The van der Waals surface area contributed by atoms with Gasteiger partial charge in [0.1, 0.15) is 11.4 Å². The van der Waals surface area contributed by atoms with Crippen LogP contribution in [0.1, 0.15) is 87.4 Å². The van der Waals surface area contributed by atoms with Crippen molar-refractivity contribution in [2.24, 2.45) is 14.1 Å². The van der Waals surface area contributed by atoms with Crippen molar-refractivity contribution in [3.8, 4) is 0 Å². The molecule has 8 heteroatoms. The number of aromatic carboxylic acids is 1. The van der Waals surface area contributed by atoms with Crippen molar-refractivity contribution < 1.29 is 29.0 Å². The largest absolute Gasteiger partial charge is 0.477 e. The Morgan fingerprint density at radius 3 is 1.77 bits per heavy atom. The predicted molar refractivity (Wildman–Crippen MR) is 113 cm³/mol. The minimum Gasteiger partial charge on any atom is -0.477 e. The predicted octanol–water partition coefficient (Wildman–Crippen LogP) is 3.46. The Bertz CT molecular complexity index is 996. The molecule has 2 heterocycles. The van der Waals surface area contributed by atoms with Crippen LogP contribution in [-0.4, -0.2) is 44.4 Å². The summed E-state index contributed by atoms with van der Waals surface area (Å²) < 4.78 is 8.14. The number of hydrogen-bond donors (Lipinski definition) is 1. The van der Waals surface area contributed by atoms with Crippen LogP contribution in [-0.2, 0) is 31.7 Å². The molecule has 0 radical (unpaired) electrons. The summed E-state index contributed by atoms with van der Waals surface area (Å²) in [5.41, 5.74) is 3.58. The van der Waals surface area contributed by atoms with E-state index >= 15 is 0 Å². The van der Waals surface area contributed by atoms with Crippen molar-refractivity contribution in [3.05, 3.63) is 46.0 Å². The lowest BCUT2D eigenvalue weighted by Gasteiger charge is -2.04. The van der Waals surface area contributed by atoms with Crippen LogP contribution in [0, 0.1) is 0 Å². The third-order valence-electron chi connectivity index (χ3n) is 5.05. The number of hydrogen-bond acceptors (Lipinski definition) is 5. The van der Waals surface area contributed by atoms with Crippen LogP contribution in [0.4, 0.5) is 0 Å². The second kappa shape index (κ2) is 9.56. The van der Waals surface area contributed by atoms with E-state index in [1.54, 1.807) is 38.0 Å². The molecule has 0 saturated carbocycles. The highest BCUT2D eigenvalue weighted by molar-refractivity contribution is 6.05. The van der Waals surface area contributed by atoms with Gasteiger partial charge in [0.05, 0.1) is 6.61 Å². The number of aryl methyl sites for hydroxylation is 2. The Balaban J connectivity index is 0.000000284. The van der Waals surface area contributed by atoms with Crippen LogP contribution in [0.25, 0.3) is 0 Å². The van der Waals surface area contributed by atoms with Gasteiger partial charge in [-0.15, -0.1) is 0 Å². The van der Waals surface area contributed by atoms with Gasteiger partial charge in [-0.25, -0.2) is 9.59 Å². The van der Waals surface area contributed by atoms with E-state index in [0.29, 0.717) is 54.7 Å². The zero-order valence-corrected chi connectivity index (χ0v) is 16.1. The van der Waals surface area contributed by atoms with E-state index in [1.807, 2.05) is 0 Å². The summed E-state index contributed by atoms with van der Waals surface area (Å²) in [6.07, 6.45) is 5.51. The molecule has 1 N–H and O–H groups in total. The first-order valence-corrected chi connectivity index (χ1v) is 9.09. The van der Waals surface area contributed by atoms with Gasteiger partial charge in [0.15, 0.2) is 11.6 Å². The normalized spacial score (nSPS) is 13.4. The number of nitrogens with zero attached hydrogens (tertiary/aromatic N) is 2. The Morgan fingerprint density at radius 1 is 0.900 bits per heavy atom. The lowest BCUT2D eigenvalue weighted by atomic mass is 10.2. The Morgan fingerprint density at radius 2 is 1.33 bits per heavy atom. The van der Waals surface area contributed by atoms with E-state index in [-0.39, 0.29) is 38.1 Å². The fourth-order valence-corrected chi connectivity index (χ4v) is 3.83. The third kappa shape index (κ3) is 4.22. The molecule has 0 bridgehead atoms. The molecule has 4 rings (SSSR count). The maximum Gasteiger partial charge on any atom is 0.355 e. The highest BCUT2D eigenvalue weighted by Crippen LogP contribution is 2.27. The Kier molecular flexibility index (Phi) is 7.93. The zero-order valence-electron chi connectivity index (χ0n) is 16.1. The molecule has 2 aromatic heterocycles. The van der Waals surface area contributed by atoms with Gasteiger partial charge in [0.2, 0.25) is 0 Å². The highest BCUT2D eigenvalue weighted by atomic mass is 16.5. The average molecular weight is 418 g/mol. The van der Waals surface area contributed by atoms with Crippen LogP contribution in [0.15, 0.2) is 12.4 Å². The number of fused-ring (bicyclic) bond motifs is 2. The molecule has 0 spiro atoms. The first-order valence-electron chi connectivity index (χ1n) is 9.09. The third-order valence-corrected chi connectivity index (χ3v) is 5.05. The summed E-state index contributed by atoms with van der Waals surface area (Å²) in [5, 5.41) is 8.87. The molecule has 2 aliphatic rings. The van der Waals surface area contributed by atoms with Crippen LogP contribution in [0.2, 0.25) is 0 Å². The van der Waals surface area contributed by atoms with Crippen molar-refractivity contribution in [1.82, 2.24) is 9.13 Å². The van der Waals surface area contributed by atoms with Gasteiger partial charge in [-0.2, -0.15) is 0 Å². The summed E-state index contributed by atoms with van der Waals surface area (Å²) >= 11 is 0. The summed E-state index contributed by atoms with van der Waals surface area (Å²) in [4.78, 5) is 45.1. The standard InChI is InChI=1S/C11H13NO3.C9H9NO3.2CH4/c1-3-15-11(14)10-7-4-5-9(13)8(7)6-12(10)2;1-10-4-6-5(2-3-7(6)11)8(10)9(12)13;;/h6H,3-5H2,1-2H3;4H,2-3H2,1H3,(H,12,13);2*1H4. The minimum atomic E-state index is -0.960. The zero-order chi connectivity index (χ0) is 20.6. The van der Waals surface area contributed by atoms with Crippen molar-refractivity contribution in [2.45, 2.75) is 47.5 Å². The molecule has 0 fully saturated rings. The highest BCUT2D eigenvalue weighted by Gasteiger charge is 2.29. The fraction of sp³-hybridized carbons (Fsp3) is 0.455. The van der Waals surface area contributed by atoms with E-state index in [2.05, 4.69) is 0 Å².